The van der Waals surface area contributed by atoms with E-state index in [1.165, 1.54) is 18.4 Å². The first-order valence-corrected chi connectivity index (χ1v) is 13.4. The van der Waals surface area contributed by atoms with E-state index in [1.54, 1.807) is 29.5 Å². The van der Waals surface area contributed by atoms with Crippen molar-refractivity contribution in [3.05, 3.63) is 82.3 Å². The Morgan fingerprint density at radius 3 is 2.73 bits per heavy atom. The molecule has 0 saturated carbocycles. The summed E-state index contributed by atoms with van der Waals surface area (Å²) in [6.45, 7) is 1.59. The Morgan fingerprint density at radius 2 is 2.00 bits per heavy atom. The fourth-order valence-corrected chi connectivity index (χ4v) is 5.17. The van der Waals surface area contributed by atoms with Gasteiger partial charge in [0.05, 0.1) is 23.7 Å². The molecule has 1 heterocycles. The zero-order chi connectivity index (χ0) is 26.0. The summed E-state index contributed by atoms with van der Waals surface area (Å²) in [4.78, 5) is 30.2. The Hall–Kier alpha value is -3.96. The van der Waals surface area contributed by atoms with Gasteiger partial charge in [-0.3, -0.25) is 9.59 Å². The molecule has 1 aromatic heterocycles. The first-order valence-electron chi connectivity index (χ1n) is 12.5. The van der Waals surface area contributed by atoms with E-state index in [9.17, 15) is 14.9 Å². The minimum Gasteiger partial charge on any atom is -0.481 e. The third-order valence-corrected chi connectivity index (χ3v) is 7.25. The fourth-order valence-electron chi connectivity index (χ4n) is 4.31. The Balaban J connectivity index is 1.49. The highest BCUT2D eigenvalue weighted by molar-refractivity contribution is 7.14. The second-order valence-corrected chi connectivity index (χ2v) is 9.92. The van der Waals surface area contributed by atoms with Gasteiger partial charge in [-0.2, -0.15) is 5.26 Å². The topological polar surface area (TPSA) is 106 Å². The predicted octanol–water partition coefficient (Wildman–Crippen LogP) is 5.78. The number of nitrogens with one attached hydrogen (secondary N) is 1. The lowest BCUT2D eigenvalue weighted by atomic mass is 9.97. The first kappa shape index (κ1) is 26.1. The zero-order valence-corrected chi connectivity index (χ0v) is 21.5. The monoisotopic (exact) mass is 514 g/mol. The van der Waals surface area contributed by atoms with Gasteiger partial charge in [0.2, 0.25) is 0 Å². The summed E-state index contributed by atoms with van der Waals surface area (Å²) < 4.78 is 0. The average Bonchev–Trinajstić information content (AvgIpc) is 3.42. The van der Waals surface area contributed by atoms with Crippen molar-refractivity contribution < 1.29 is 14.7 Å². The lowest BCUT2D eigenvalue weighted by Crippen LogP contribution is -2.26. The van der Waals surface area contributed by atoms with E-state index < -0.39 is 5.97 Å². The summed E-state index contributed by atoms with van der Waals surface area (Å²) in [6, 6.07) is 17.1. The third-order valence-electron chi connectivity index (χ3n) is 6.35. The summed E-state index contributed by atoms with van der Waals surface area (Å²) in [5.41, 5.74) is 5.45. The van der Waals surface area contributed by atoms with Gasteiger partial charge in [0.1, 0.15) is 0 Å². The largest absolute Gasteiger partial charge is 0.481 e. The van der Waals surface area contributed by atoms with Gasteiger partial charge in [0.15, 0.2) is 5.13 Å². The van der Waals surface area contributed by atoms with E-state index >= 15 is 0 Å². The van der Waals surface area contributed by atoms with Gasteiger partial charge in [-0.15, -0.1) is 11.3 Å². The van der Waals surface area contributed by atoms with E-state index in [-0.39, 0.29) is 18.9 Å². The van der Waals surface area contributed by atoms with Crippen LogP contribution in [0.25, 0.3) is 11.3 Å². The van der Waals surface area contributed by atoms with Crippen molar-refractivity contribution in [2.24, 2.45) is 0 Å². The average molecular weight is 515 g/mol. The number of allylic oxidation sites excluding steroid dienone is 1. The van der Waals surface area contributed by atoms with Crippen LogP contribution in [0.5, 0.6) is 0 Å². The predicted molar refractivity (Wildman–Crippen MR) is 146 cm³/mol. The Labute approximate surface area is 221 Å². The summed E-state index contributed by atoms with van der Waals surface area (Å²) in [5, 5.41) is 23.6. The van der Waals surface area contributed by atoms with Gasteiger partial charge in [-0.1, -0.05) is 35.9 Å². The van der Waals surface area contributed by atoms with E-state index in [1.807, 2.05) is 35.7 Å². The number of nitriles is 1. The van der Waals surface area contributed by atoms with Crippen molar-refractivity contribution in [3.8, 4) is 17.3 Å². The highest BCUT2D eigenvalue weighted by Crippen LogP contribution is 2.30. The number of anilines is 1. The molecule has 0 spiro atoms. The molecule has 0 fully saturated rings. The number of carboxylic acids is 1. The highest BCUT2D eigenvalue weighted by atomic mass is 32.1. The fraction of sp³-hybridized carbons (Fsp3) is 0.310. The van der Waals surface area contributed by atoms with Crippen LogP contribution < -0.4 is 10.2 Å². The Bertz CT molecular complexity index is 1310. The summed E-state index contributed by atoms with van der Waals surface area (Å²) in [6.07, 6.45) is 8.08. The molecule has 1 aliphatic rings. The zero-order valence-electron chi connectivity index (χ0n) is 20.7. The standard InChI is InChI=1S/C29H30N4O3S/c30-18-23-7-4-8-25(17-23)26-20-37-29(32-26)33(16-14-21-5-2-1-3-6-21)19-22-9-11-24(12-10-22)28(36)31-15-13-27(34)35/h4-5,7-12,17,20H,1-3,6,13-16,19H2,(H,31,36)(H,34,35). The molecule has 1 aliphatic carbocycles. The molecule has 0 unspecified atom stereocenters. The molecule has 37 heavy (non-hydrogen) atoms. The molecule has 0 radical (unpaired) electrons. The van der Waals surface area contributed by atoms with Crippen LogP contribution in [0.3, 0.4) is 0 Å². The van der Waals surface area contributed by atoms with Crippen LogP contribution in [0.15, 0.2) is 65.6 Å². The number of aliphatic carboxylic acids is 1. The molecular formula is C29H30N4O3S. The number of nitrogens with zero attached hydrogens (tertiary/aromatic N) is 3. The number of hydrogen-bond donors (Lipinski definition) is 2. The third kappa shape index (κ3) is 7.51. The minimum absolute atomic E-state index is 0.100. The number of rotatable bonds is 11. The maximum atomic E-state index is 12.3. The van der Waals surface area contributed by atoms with Crippen molar-refractivity contribution >= 4 is 28.3 Å². The molecule has 2 N–H and O–H groups in total. The summed E-state index contributed by atoms with van der Waals surface area (Å²) >= 11 is 1.59. The van der Waals surface area contributed by atoms with Gasteiger partial charge in [-0.05, 0) is 61.9 Å². The van der Waals surface area contributed by atoms with Crippen LogP contribution in [0.4, 0.5) is 5.13 Å². The van der Waals surface area contributed by atoms with Gasteiger partial charge in [0.25, 0.3) is 5.91 Å². The summed E-state index contributed by atoms with van der Waals surface area (Å²) in [7, 11) is 0. The van der Waals surface area contributed by atoms with Gasteiger partial charge >= 0.3 is 5.97 Å². The highest BCUT2D eigenvalue weighted by Gasteiger charge is 2.15. The van der Waals surface area contributed by atoms with Crippen molar-refractivity contribution in [1.29, 1.82) is 5.26 Å². The van der Waals surface area contributed by atoms with E-state index in [0.29, 0.717) is 17.7 Å². The molecule has 2 aromatic carbocycles. The number of thiazole rings is 1. The number of carboxylic acid groups (broad SMARTS) is 1. The van der Waals surface area contributed by atoms with Gasteiger partial charge in [-0.25, -0.2) is 4.98 Å². The normalized spacial score (nSPS) is 12.9. The van der Waals surface area contributed by atoms with Crippen molar-refractivity contribution in [2.45, 2.75) is 45.1 Å². The smallest absolute Gasteiger partial charge is 0.305 e. The molecule has 8 heteroatoms. The lowest BCUT2D eigenvalue weighted by molar-refractivity contribution is -0.136. The van der Waals surface area contributed by atoms with Gasteiger partial charge in [0, 0.05) is 36.1 Å². The van der Waals surface area contributed by atoms with Crippen molar-refractivity contribution in [2.75, 3.05) is 18.0 Å². The molecule has 3 aromatic rings. The van der Waals surface area contributed by atoms with Crippen LogP contribution in [-0.4, -0.2) is 35.1 Å². The second kappa shape index (κ2) is 12.8. The Morgan fingerprint density at radius 1 is 1.16 bits per heavy atom. The maximum Gasteiger partial charge on any atom is 0.305 e. The van der Waals surface area contributed by atoms with Crippen molar-refractivity contribution in [3.63, 3.8) is 0 Å². The molecule has 0 aliphatic heterocycles. The van der Waals surface area contributed by atoms with Crippen molar-refractivity contribution in [1.82, 2.24) is 10.3 Å². The SMILES string of the molecule is N#Cc1cccc(-c2csc(N(CCC3=CCCCC3)Cc3ccc(C(=O)NCCC(=O)O)cc3)n2)c1. The van der Waals surface area contributed by atoms with E-state index in [2.05, 4.69) is 22.4 Å². The van der Waals surface area contributed by atoms with Crippen LogP contribution in [0, 0.1) is 11.3 Å². The Kier molecular flexibility index (Phi) is 9.06. The number of carbonyl (C=O) groups is 2. The number of benzene rings is 2. The summed E-state index contributed by atoms with van der Waals surface area (Å²) in [5.74, 6) is -1.22. The number of amides is 1. The van der Waals surface area contributed by atoms with Crippen LogP contribution in [-0.2, 0) is 11.3 Å². The quantitative estimate of drug-likeness (QED) is 0.314. The van der Waals surface area contributed by atoms with Gasteiger partial charge < -0.3 is 15.3 Å². The second-order valence-electron chi connectivity index (χ2n) is 9.08. The molecule has 0 bridgehead atoms. The van der Waals surface area contributed by atoms with E-state index in [4.69, 9.17) is 10.1 Å². The molecular weight excluding hydrogens is 484 g/mol. The number of hydrogen-bond acceptors (Lipinski definition) is 6. The number of aromatic nitrogens is 1. The number of carbonyl (C=O) groups excluding carboxylic acids is 1. The van der Waals surface area contributed by atoms with Crippen LogP contribution in [0.1, 0.15) is 60.0 Å². The van der Waals surface area contributed by atoms with Crippen LogP contribution in [0.2, 0.25) is 0 Å². The molecule has 7 nitrogen and oxygen atoms in total. The molecule has 1 amide bonds. The molecule has 4 rings (SSSR count). The molecule has 0 atom stereocenters. The lowest BCUT2D eigenvalue weighted by Gasteiger charge is -2.24. The first-order chi connectivity index (χ1) is 18.0. The van der Waals surface area contributed by atoms with E-state index in [0.717, 1.165) is 47.8 Å². The molecule has 190 valence electrons. The maximum absolute atomic E-state index is 12.3. The van der Waals surface area contributed by atoms with Crippen LogP contribution >= 0.6 is 11.3 Å². The molecule has 0 saturated heterocycles. The minimum atomic E-state index is -0.942.